The van der Waals surface area contributed by atoms with Gasteiger partial charge in [-0.1, -0.05) is 53.2 Å². The van der Waals surface area contributed by atoms with Gasteiger partial charge in [0.2, 0.25) is 5.70 Å². The maximum atomic E-state index is 14.5. The maximum absolute atomic E-state index is 14.5. The summed E-state index contributed by atoms with van der Waals surface area (Å²) >= 11 is 0. The molecule has 39 heavy (non-hydrogen) atoms. The first-order chi connectivity index (χ1) is 18.1. The molecule has 0 radical (unpaired) electrons. The lowest BCUT2D eigenvalue weighted by atomic mass is 9.34. The average Bonchev–Trinajstić information content (AvgIpc) is 3.31. The normalized spacial score (nSPS) is 48.5. The van der Waals surface area contributed by atoms with E-state index < -0.39 is 10.8 Å². The Hall–Kier alpha value is -2.42. The largest absolute Gasteiger partial charge is 0.448 e. The van der Waals surface area contributed by atoms with Crippen molar-refractivity contribution in [1.29, 1.82) is 0 Å². The molecule has 6 nitrogen and oxygen atoms in total. The van der Waals surface area contributed by atoms with Gasteiger partial charge in [-0.2, -0.15) is 0 Å². The highest BCUT2D eigenvalue weighted by Gasteiger charge is 2.69. The number of allylic oxidation sites excluding steroid dienone is 4. The number of rotatable bonds is 1. The molecule has 6 rings (SSSR count). The molecule has 210 valence electrons. The van der Waals surface area contributed by atoms with Gasteiger partial charge in [-0.3, -0.25) is 9.69 Å². The number of ether oxygens (including phenoxy) is 1. The molecule has 0 N–H and O–H groups in total. The summed E-state index contributed by atoms with van der Waals surface area (Å²) in [6, 6.07) is 0. The first-order valence-corrected chi connectivity index (χ1v) is 14.9. The van der Waals surface area contributed by atoms with Crippen molar-refractivity contribution in [2.75, 3.05) is 13.2 Å². The molecule has 0 spiro atoms. The molecule has 0 aromatic heterocycles. The third kappa shape index (κ3) is 3.17. The second-order valence-electron chi connectivity index (χ2n) is 15.5. The van der Waals surface area contributed by atoms with Crippen molar-refractivity contribution in [2.45, 2.75) is 99.0 Å². The van der Waals surface area contributed by atoms with Crippen LogP contribution >= 0.6 is 0 Å². The number of cyclic esters (lactones) is 1. The molecule has 8 atom stereocenters. The Labute approximate surface area is 233 Å². The summed E-state index contributed by atoms with van der Waals surface area (Å²) in [6.45, 7) is 24.3. The Kier molecular flexibility index (Phi) is 5.40. The van der Waals surface area contributed by atoms with Gasteiger partial charge in [0.05, 0.1) is 13.1 Å². The quantitative estimate of drug-likeness (QED) is 0.350. The molecule has 1 heterocycles. The second kappa shape index (κ2) is 7.86. The van der Waals surface area contributed by atoms with Crippen molar-refractivity contribution in [1.82, 2.24) is 4.90 Å². The zero-order chi connectivity index (χ0) is 28.4. The van der Waals surface area contributed by atoms with E-state index in [1.807, 2.05) is 30.9 Å². The molecule has 4 fully saturated rings. The topological polar surface area (TPSA) is 68.0 Å². The van der Waals surface area contributed by atoms with Gasteiger partial charge in [-0.25, -0.2) is 9.64 Å². The van der Waals surface area contributed by atoms with E-state index >= 15 is 0 Å². The standard InChI is InChI=1S/C33H44N2O4/c1-28(2)23-9-10-32(6)24(31(23,5)19-21(34-8)26(28)37)17-22(36)25-20-18-30(4,35-15-16-39-27(35)38)13-11-29(20,3)12-14-33(25,32)7/h17,19-20,23,25H,9-16,18H2,1-7H3/t20-,23-,25-,29+,30-,31-,32+,33+/m0/s1. The summed E-state index contributed by atoms with van der Waals surface area (Å²) in [6.07, 6.45) is 10.4. The summed E-state index contributed by atoms with van der Waals surface area (Å²) in [5, 5.41) is 0. The van der Waals surface area contributed by atoms with E-state index in [0.717, 1.165) is 50.5 Å². The molecule has 1 saturated heterocycles. The van der Waals surface area contributed by atoms with Crippen molar-refractivity contribution >= 4 is 17.7 Å². The van der Waals surface area contributed by atoms with Crippen molar-refractivity contribution in [3.63, 3.8) is 0 Å². The fourth-order valence-electron chi connectivity index (χ4n) is 10.8. The predicted molar refractivity (Wildman–Crippen MR) is 148 cm³/mol. The van der Waals surface area contributed by atoms with Crippen LogP contribution in [0.5, 0.6) is 0 Å². The molecule has 3 saturated carbocycles. The van der Waals surface area contributed by atoms with Crippen LogP contribution in [0.2, 0.25) is 0 Å². The fourth-order valence-corrected chi connectivity index (χ4v) is 10.8. The van der Waals surface area contributed by atoms with Crippen LogP contribution in [-0.4, -0.2) is 41.3 Å². The summed E-state index contributed by atoms with van der Waals surface area (Å²) in [7, 11) is 0. The Morgan fingerprint density at radius 1 is 0.974 bits per heavy atom. The summed E-state index contributed by atoms with van der Waals surface area (Å²) in [4.78, 5) is 46.0. The summed E-state index contributed by atoms with van der Waals surface area (Å²) in [5.41, 5.74) is -0.453. The number of nitrogens with zero attached hydrogens (tertiary/aromatic N) is 2. The lowest BCUT2D eigenvalue weighted by Crippen LogP contribution is -2.66. The van der Waals surface area contributed by atoms with Crippen molar-refractivity contribution in [2.24, 2.45) is 44.8 Å². The van der Waals surface area contributed by atoms with E-state index in [1.165, 1.54) is 0 Å². The SMILES string of the molecule is [C-]#[N+]C1=C[C@]2(C)C3=CC(=O)[C@@H]4[C@@H]5C[C@@](C)(N6CCOC6=O)CC[C@]5(C)CC[C@@]4(C)[C@]3(C)CC[C@H]2C(C)(C)C1=O. The number of carbonyl (C=O) groups is 3. The van der Waals surface area contributed by atoms with Gasteiger partial charge in [-0.05, 0) is 86.0 Å². The van der Waals surface area contributed by atoms with Crippen LogP contribution in [0.1, 0.15) is 93.4 Å². The lowest BCUT2D eigenvalue weighted by molar-refractivity contribution is -0.169. The smallest absolute Gasteiger partial charge is 0.410 e. The number of ketones is 2. The second-order valence-corrected chi connectivity index (χ2v) is 15.5. The molecule has 1 amide bonds. The minimum atomic E-state index is -0.646. The number of amides is 1. The minimum absolute atomic E-state index is 0.0586. The Bertz CT molecular complexity index is 1290. The Balaban J connectivity index is 1.47. The Morgan fingerprint density at radius 2 is 1.67 bits per heavy atom. The zero-order valence-electron chi connectivity index (χ0n) is 24.8. The third-order valence-electron chi connectivity index (χ3n) is 13.4. The van der Waals surface area contributed by atoms with Crippen LogP contribution in [0.4, 0.5) is 4.79 Å². The number of Topliss-reactive ketones (excluding diaryl/α,β-unsaturated/α-hetero) is 1. The number of carbonyl (C=O) groups excluding carboxylic acids is 3. The molecule has 0 unspecified atom stereocenters. The van der Waals surface area contributed by atoms with Gasteiger partial charge in [-0.15, -0.1) is 0 Å². The molecule has 6 heteroatoms. The predicted octanol–water partition coefficient (Wildman–Crippen LogP) is 6.76. The average molecular weight is 533 g/mol. The van der Waals surface area contributed by atoms with Crippen LogP contribution < -0.4 is 0 Å². The first kappa shape index (κ1) is 26.8. The third-order valence-corrected chi connectivity index (χ3v) is 13.4. The van der Waals surface area contributed by atoms with Gasteiger partial charge >= 0.3 is 6.09 Å². The van der Waals surface area contributed by atoms with E-state index in [9.17, 15) is 14.4 Å². The zero-order valence-corrected chi connectivity index (χ0v) is 24.8. The van der Waals surface area contributed by atoms with E-state index in [-0.39, 0.29) is 62.9 Å². The van der Waals surface area contributed by atoms with Gasteiger partial charge in [0, 0.05) is 22.3 Å². The Morgan fingerprint density at radius 3 is 2.31 bits per heavy atom. The van der Waals surface area contributed by atoms with E-state index in [1.54, 1.807) is 0 Å². The number of hydrogen-bond acceptors (Lipinski definition) is 4. The van der Waals surface area contributed by atoms with Gasteiger partial charge in [0.15, 0.2) is 11.6 Å². The molecule has 0 aromatic rings. The van der Waals surface area contributed by atoms with Crippen LogP contribution in [0.25, 0.3) is 4.85 Å². The first-order valence-electron chi connectivity index (χ1n) is 14.9. The maximum Gasteiger partial charge on any atom is 0.410 e. The number of fused-ring (bicyclic) bond motifs is 7. The molecule has 6 aliphatic rings. The van der Waals surface area contributed by atoms with Gasteiger partial charge in [0.1, 0.15) is 6.61 Å². The molecular weight excluding hydrogens is 488 g/mol. The highest BCUT2D eigenvalue weighted by molar-refractivity contribution is 6.03. The van der Waals surface area contributed by atoms with E-state index in [0.29, 0.717) is 13.2 Å². The monoisotopic (exact) mass is 532 g/mol. The lowest BCUT2D eigenvalue weighted by Gasteiger charge is -2.69. The highest BCUT2D eigenvalue weighted by atomic mass is 16.6. The number of hydrogen-bond donors (Lipinski definition) is 0. The van der Waals surface area contributed by atoms with Crippen LogP contribution in [0.15, 0.2) is 23.4 Å². The van der Waals surface area contributed by atoms with Crippen molar-refractivity contribution in [3.8, 4) is 0 Å². The van der Waals surface area contributed by atoms with E-state index in [2.05, 4.69) is 39.5 Å². The fraction of sp³-hybridized carbons (Fsp3) is 0.758. The molecular formula is C33H44N2O4. The molecule has 0 bridgehead atoms. The molecule has 1 aliphatic heterocycles. The van der Waals surface area contributed by atoms with Crippen LogP contribution in [0, 0.1) is 51.4 Å². The van der Waals surface area contributed by atoms with Gasteiger partial charge < -0.3 is 9.53 Å². The van der Waals surface area contributed by atoms with Crippen molar-refractivity contribution in [3.05, 3.63) is 34.8 Å². The van der Waals surface area contributed by atoms with E-state index in [4.69, 9.17) is 11.3 Å². The van der Waals surface area contributed by atoms with Crippen LogP contribution in [0.3, 0.4) is 0 Å². The van der Waals surface area contributed by atoms with Crippen LogP contribution in [-0.2, 0) is 14.3 Å². The molecule has 5 aliphatic carbocycles. The summed E-state index contributed by atoms with van der Waals surface area (Å²) < 4.78 is 5.34. The van der Waals surface area contributed by atoms with Gasteiger partial charge in [0.25, 0.3) is 0 Å². The molecule has 0 aromatic carbocycles. The summed E-state index contributed by atoms with van der Waals surface area (Å²) in [5.74, 6) is 0.290. The minimum Gasteiger partial charge on any atom is -0.448 e. The highest BCUT2D eigenvalue weighted by Crippen LogP contribution is 2.74. The van der Waals surface area contributed by atoms with Crippen molar-refractivity contribution < 1.29 is 19.1 Å².